The summed E-state index contributed by atoms with van der Waals surface area (Å²) in [5, 5.41) is 5.47. The molecule has 0 aliphatic carbocycles. The van der Waals surface area contributed by atoms with Crippen LogP contribution in [0.25, 0.3) is 0 Å². The van der Waals surface area contributed by atoms with E-state index >= 15 is 0 Å². The predicted molar refractivity (Wildman–Crippen MR) is 162 cm³/mol. The molecule has 236 valence electrons. The highest BCUT2D eigenvalue weighted by Crippen LogP contribution is 2.23. The van der Waals surface area contributed by atoms with Crippen molar-refractivity contribution in [1.29, 1.82) is 0 Å². The number of carbonyl (C=O) groups excluding carboxylic acids is 3. The summed E-state index contributed by atoms with van der Waals surface area (Å²) in [6, 6.07) is 16.3. The van der Waals surface area contributed by atoms with Crippen molar-refractivity contribution >= 4 is 41.0 Å². The number of nitrogens with one attached hydrogen (secondary N) is 2. The molecule has 4 amide bonds. The van der Waals surface area contributed by atoms with Gasteiger partial charge < -0.3 is 21.1 Å². The van der Waals surface area contributed by atoms with Crippen molar-refractivity contribution in [2.75, 3.05) is 13.2 Å². The van der Waals surface area contributed by atoms with Gasteiger partial charge in [0.2, 0.25) is 5.91 Å². The second-order valence-electron chi connectivity index (χ2n) is 9.86. The van der Waals surface area contributed by atoms with E-state index in [1.54, 1.807) is 66.7 Å². The van der Waals surface area contributed by atoms with Crippen LogP contribution >= 0.6 is 23.2 Å². The zero-order valence-corrected chi connectivity index (χ0v) is 25.4. The number of alkyl halides is 3. The average Bonchev–Trinajstić information content (AvgIpc) is 2.98. The number of hydrogen-bond acceptors (Lipinski definition) is 5. The van der Waals surface area contributed by atoms with Crippen LogP contribution in [0, 0.1) is 0 Å². The van der Waals surface area contributed by atoms with Crippen LogP contribution in [0.15, 0.2) is 66.7 Å². The van der Waals surface area contributed by atoms with Gasteiger partial charge in [0.1, 0.15) is 18.2 Å². The standard InChI is InChI=1S/C31H33Cl2F3N4O4/c1-2-44-24-10-7-20(8-11-24)16-27(39-28(41)17-31(34,35)36)29(42)40(14-13-21-9-12-25(32)26(33)15-21)30(43)38-19-23-5-3-22(18-37)4-6-23/h3-12,15,27H,2,13-14,16-19,37H2,1H3,(H,38,43)(H,39,41)/t27-/m1/s1. The number of hydrogen-bond donors (Lipinski definition) is 3. The molecule has 0 aliphatic heterocycles. The maximum absolute atomic E-state index is 13.9. The quantitative estimate of drug-likeness (QED) is 0.216. The molecule has 0 radical (unpaired) electrons. The summed E-state index contributed by atoms with van der Waals surface area (Å²) in [5.74, 6) is -1.72. The molecule has 44 heavy (non-hydrogen) atoms. The van der Waals surface area contributed by atoms with Gasteiger partial charge in [-0.25, -0.2) is 4.79 Å². The van der Waals surface area contributed by atoms with E-state index in [2.05, 4.69) is 10.6 Å². The summed E-state index contributed by atoms with van der Waals surface area (Å²) in [7, 11) is 0. The number of ether oxygens (including phenoxy) is 1. The van der Waals surface area contributed by atoms with E-state index in [0.29, 0.717) is 35.1 Å². The van der Waals surface area contributed by atoms with E-state index in [1.807, 2.05) is 6.92 Å². The zero-order valence-electron chi connectivity index (χ0n) is 23.9. The lowest BCUT2D eigenvalue weighted by molar-refractivity contribution is -0.155. The van der Waals surface area contributed by atoms with Crippen molar-refractivity contribution in [1.82, 2.24) is 15.5 Å². The number of urea groups is 1. The van der Waals surface area contributed by atoms with E-state index in [4.69, 9.17) is 33.7 Å². The van der Waals surface area contributed by atoms with Gasteiger partial charge in [-0.15, -0.1) is 0 Å². The Morgan fingerprint density at radius 2 is 1.52 bits per heavy atom. The molecule has 3 aromatic carbocycles. The molecule has 0 saturated carbocycles. The summed E-state index contributed by atoms with van der Waals surface area (Å²) in [6.07, 6.45) is -6.59. The number of rotatable bonds is 13. The smallest absolute Gasteiger partial charge is 0.397 e. The Morgan fingerprint density at radius 3 is 2.11 bits per heavy atom. The Labute approximate surface area is 263 Å². The van der Waals surface area contributed by atoms with E-state index in [1.165, 1.54) is 0 Å². The van der Waals surface area contributed by atoms with E-state index in [0.717, 1.165) is 16.0 Å². The first-order chi connectivity index (χ1) is 20.9. The number of amides is 4. The predicted octanol–water partition coefficient (Wildman–Crippen LogP) is 5.81. The molecule has 0 spiro atoms. The lowest BCUT2D eigenvalue weighted by atomic mass is 10.0. The fraction of sp³-hybridized carbons (Fsp3) is 0.323. The van der Waals surface area contributed by atoms with E-state index in [9.17, 15) is 27.6 Å². The van der Waals surface area contributed by atoms with Gasteiger partial charge in [0.15, 0.2) is 0 Å². The van der Waals surface area contributed by atoms with Gasteiger partial charge in [0.05, 0.1) is 16.7 Å². The van der Waals surface area contributed by atoms with Crippen LogP contribution in [0.5, 0.6) is 5.75 Å². The molecule has 0 saturated heterocycles. The number of imide groups is 1. The van der Waals surface area contributed by atoms with Crippen molar-refractivity contribution in [3.05, 3.63) is 99.0 Å². The fourth-order valence-electron chi connectivity index (χ4n) is 4.25. The third kappa shape index (κ3) is 11.0. The van der Waals surface area contributed by atoms with Crippen LogP contribution in [0.3, 0.4) is 0 Å². The van der Waals surface area contributed by atoms with Crippen molar-refractivity contribution in [2.24, 2.45) is 5.73 Å². The Bertz CT molecular complexity index is 1420. The molecule has 13 heteroatoms. The molecule has 0 heterocycles. The highest BCUT2D eigenvalue weighted by atomic mass is 35.5. The Balaban J connectivity index is 1.88. The van der Waals surface area contributed by atoms with Crippen LogP contribution in [-0.2, 0) is 35.5 Å². The number of benzene rings is 3. The van der Waals surface area contributed by atoms with Gasteiger partial charge in [-0.05, 0) is 59.9 Å². The number of nitrogens with two attached hydrogens (primary N) is 1. The summed E-state index contributed by atoms with van der Waals surface area (Å²) < 4.78 is 44.4. The van der Waals surface area contributed by atoms with Gasteiger partial charge >= 0.3 is 12.2 Å². The van der Waals surface area contributed by atoms with Crippen molar-refractivity contribution in [3.63, 3.8) is 0 Å². The third-order valence-electron chi connectivity index (χ3n) is 6.49. The zero-order chi connectivity index (χ0) is 32.3. The minimum Gasteiger partial charge on any atom is -0.494 e. The van der Waals surface area contributed by atoms with Crippen LogP contribution in [0.4, 0.5) is 18.0 Å². The monoisotopic (exact) mass is 652 g/mol. The average molecular weight is 654 g/mol. The van der Waals surface area contributed by atoms with Gasteiger partial charge in [0, 0.05) is 26.1 Å². The van der Waals surface area contributed by atoms with Crippen molar-refractivity contribution in [2.45, 2.75) is 51.5 Å². The van der Waals surface area contributed by atoms with Crippen LogP contribution in [0.2, 0.25) is 10.0 Å². The van der Waals surface area contributed by atoms with Crippen LogP contribution < -0.4 is 21.1 Å². The SMILES string of the molecule is CCOc1ccc(C[C@@H](NC(=O)CC(F)(F)F)C(=O)N(CCc2ccc(Cl)c(Cl)c2)C(=O)NCc2ccc(CN)cc2)cc1. The van der Waals surface area contributed by atoms with E-state index < -0.39 is 36.5 Å². The first kappa shape index (κ1) is 34.7. The van der Waals surface area contributed by atoms with Gasteiger partial charge in [-0.2, -0.15) is 13.2 Å². The highest BCUT2D eigenvalue weighted by molar-refractivity contribution is 6.42. The van der Waals surface area contributed by atoms with Gasteiger partial charge in [-0.1, -0.05) is 65.7 Å². The Kier molecular flexibility index (Phi) is 12.9. The maximum atomic E-state index is 13.9. The summed E-state index contributed by atoms with van der Waals surface area (Å²) in [4.78, 5) is 40.5. The first-order valence-electron chi connectivity index (χ1n) is 13.8. The molecule has 0 bridgehead atoms. The molecule has 0 aliphatic rings. The van der Waals surface area contributed by atoms with Crippen LogP contribution in [-0.4, -0.2) is 48.1 Å². The topological polar surface area (TPSA) is 114 Å². The highest BCUT2D eigenvalue weighted by Gasteiger charge is 2.35. The molecule has 0 fully saturated rings. The largest absolute Gasteiger partial charge is 0.494 e. The molecule has 3 aromatic rings. The fourth-order valence-corrected chi connectivity index (χ4v) is 4.57. The summed E-state index contributed by atoms with van der Waals surface area (Å²) >= 11 is 12.1. The second kappa shape index (κ2) is 16.3. The second-order valence-corrected chi connectivity index (χ2v) is 10.7. The molecule has 3 rings (SSSR count). The number of nitrogens with zero attached hydrogens (tertiary/aromatic N) is 1. The number of halogens is 5. The van der Waals surface area contributed by atoms with Gasteiger partial charge in [0.25, 0.3) is 5.91 Å². The summed E-state index contributed by atoms with van der Waals surface area (Å²) in [6.45, 7) is 2.48. The molecular formula is C31H33Cl2F3N4O4. The van der Waals surface area contributed by atoms with Crippen molar-refractivity contribution < 1.29 is 32.3 Å². The maximum Gasteiger partial charge on any atom is 0.397 e. The molecule has 0 aromatic heterocycles. The Morgan fingerprint density at radius 1 is 0.909 bits per heavy atom. The molecule has 1 atom stereocenters. The molecule has 8 nitrogen and oxygen atoms in total. The molecule has 0 unspecified atom stereocenters. The van der Waals surface area contributed by atoms with Crippen molar-refractivity contribution in [3.8, 4) is 5.75 Å². The lowest BCUT2D eigenvalue weighted by Crippen LogP contribution is -2.54. The Hall–Kier alpha value is -3.80. The third-order valence-corrected chi connectivity index (χ3v) is 7.23. The van der Waals surface area contributed by atoms with E-state index in [-0.39, 0.29) is 31.0 Å². The van der Waals surface area contributed by atoms with Gasteiger partial charge in [-0.3, -0.25) is 14.5 Å². The minimum absolute atomic E-state index is 0.0598. The minimum atomic E-state index is -4.79. The molecular weight excluding hydrogens is 620 g/mol. The first-order valence-corrected chi connectivity index (χ1v) is 14.5. The number of carbonyl (C=O) groups is 3. The lowest BCUT2D eigenvalue weighted by Gasteiger charge is -2.27. The summed E-state index contributed by atoms with van der Waals surface area (Å²) in [5.41, 5.74) is 8.46. The molecule has 4 N–H and O–H groups in total. The normalized spacial score (nSPS) is 11.9. The van der Waals surface area contributed by atoms with Crippen LogP contribution in [0.1, 0.15) is 35.6 Å².